The Morgan fingerprint density at radius 2 is 1.59 bits per heavy atom. The van der Waals surface area contributed by atoms with E-state index in [-0.39, 0.29) is 0 Å². The Labute approximate surface area is 179 Å². The zero-order chi connectivity index (χ0) is 19.9. The Morgan fingerprint density at radius 3 is 2.19 bits per heavy atom. The van der Waals surface area contributed by atoms with Crippen LogP contribution in [0.15, 0.2) is 68.5 Å². The number of sulfone groups is 1. The molecule has 0 aromatic heterocycles. The van der Waals surface area contributed by atoms with E-state index in [2.05, 4.69) is 44.6 Å². The molecular weight excluding hydrogens is 604 g/mol. The standard InChI is InChI=1S/C21H26Br2O2STe/c1-3-4-5-7-12-21(27(22,23)20-10-8-6-9-11-20)17-26(24,25)19-15-13-18(2)14-16-19/h6,8-11,13-17H,3-5,7,12H2,1-2H3/b21-17+. The summed E-state index contributed by atoms with van der Waals surface area (Å²) in [7, 11) is -3.48. The maximum atomic E-state index is 13.0. The van der Waals surface area contributed by atoms with Gasteiger partial charge in [0, 0.05) is 0 Å². The SMILES string of the molecule is CCCCCC/C(=C\S(=O)(=O)c1ccc(C)cc1)[Te](Br)(Br)c1ccccc1. The predicted octanol–water partition coefficient (Wildman–Crippen LogP) is 6.30. The molecule has 0 heterocycles. The van der Waals surface area contributed by atoms with Gasteiger partial charge in [0.1, 0.15) is 0 Å². The van der Waals surface area contributed by atoms with Crippen molar-refractivity contribution in [2.24, 2.45) is 0 Å². The molecule has 2 nitrogen and oxygen atoms in total. The van der Waals surface area contributed by atoms with Gasteiger partial charge in [0.25, 0.3) is 0 Å². The van der Waals surface area contributed by atoms with Gasteiger partial charge in [-0.15, -0.1) is 0 Å². The number of rotatable bonds is 9. The first-order valence-electron chi connectivity index (χ1n) is 9.07. The Kier molecular flexibility index (Phi) is 9.09. The van der Waals surface area contributed by atoms with E-state index in [4.69, 9.17) is 0 Å². The first kappa shape index (κ1) is 23.2. The van der Waals surface area contributed by atoms with Gasteiger partial charge in [0.2, 0.25) is 0 Å². The van der Waals surface area contributed by atoms with Crippen molar-refractivity contribution in [2.75, 3.05) is 0 Å². The zero-order valence-electron chi connectivity index (χ0n) is 15.7. The van der Waals surface area contributed by atoms with Crippen LogP contribution in [0.3, 0.4) is 0 Å². The molecule has 0 unspecified atom stereocenters. The fraction of sp³-hybridized carbons (Fsp3) is 0.333. The molecule has 0 N–H and O–H groups in total. The van der Waals surface area contributed by atoms with Gasteiger partial charge in [-0.1, -0.05) is 0 Å². The number of halogens is 2. The predicted molar refractivity (Wildman–Crippen MR) is 125 cm³/mol. The maximum absolute atomic E-state index is 13.0. The molecule has 0 amide bonds. The fourth-order valence-electron chi connectivity index (χ4n) is 2.69. The second-order valence-corrected chi connectivity index (χ2v) is 32.7. The number of aryl methyl sites for hydroxylation is 1. The molecule has 0 atom stereocenters. The summed E-state index contributed by atoms with van der Waals surface area (Å²) in [6, 6.07) is 17.2. The van der Waals surface area contributed by atoms with E-state index in [1.54, 1.807) is 12.1 Å². The van der Waals surface area contributed by atoms with Crippen LogP contribution in [0.2, 0.25) is 0 Å². The Hall–Kier alpha value is -0.120. The quantitative estimate of drug-likeness (QED) is 0.241. The summed E-state index contributed by atoms with van der Waals surface area (Å²) in [6.45, 7) is 4.14. The molecule has 0 spiro atoms. The molecule has 0 aliphatic carbocycles. The van der Waals surface area contributed by atoms with Crippen molar-refractivity contribution >= 4 is 52.7 Å². The average molecular weight is 630 g/mol. The minimum absolute atomic E-state index is 0.353. The molecule has 0 saturated carbocycles. The van der Waals surface area contributed by atoms with Crippen molar-refractivity contribution in [1.29, 1.82) is 0 Å². The minimum atomic E-state index is -3.48. The van der Waals surface area contributed by atoms with Crippen molar-refractivity contribution in [1.82, 2.24) is 0 Å². The van der Waals surface area contributed by atoms with Crippen molar-refractivity contribution in [3.05, 3.63) is 69.2 Å². The second-order valence-electron chi connectivity index (χ2n) is 6.53. The van der Waals surface area contributed by atoms with Crippen LogP contribution in [0.1, 0.15) is 44.6 Å². The number of unbranched alkanes of at least 4 members (excludes halogenated alkanes) is 3. The third kappa shape index (κ3) is 6.71. The summed E-state index contributed by atoms with van der Waals surface area (Å²) in [5.41, 5.74) is 1.05. The van der Waals surface area contributed by atoms with E-state index in [1.165, 1.54) is 15.4 Å². The van der Waals surface area contributed by atoms with Gasteiger partial charge in [-0.25, -0.2) is 0 Å². The van der Waals surface area contributed by atoms with E-state index in [0.29, 0.717) is 4.90 Å². The summed E-state index contributed by atoms with van der Waals surface area (Å²) < 4.78 is 28.2. The first-order chi connectivity index (χ1) is 12.8. The monoisotopic (exact) mass is 630 g/mol. The van der Waals surface area contributed by atoms with E-state index in [0.717, 1.165) is 34.9 Å². The first-order valence-corrected chi connectivity index (χ1v) is 23.4. The summed E-state index contributed by atoms with van der Waals surface area (Å²) in [4.78, 5) is 0.353. The second kappa shape index (κ2) is 10.6. The van der Waals surface area contributed by atoms with Crippen LogP contribution >= 0.6 is 25.5 Å². The van der Waals surface area contributed by atoms with Crippen molar-refractivity contribution in [3.63, 3.8) is 0 Å². The summed E-state index contributed by atoms with van der Waals surface area (Å²) in [5, 5.41) is 1.52. The van der Waals surface area contributed by atoms with Gasteiger partial charge in [-0.2, -0.15) is 0 Å². The number of hydrogen-bond acceptors (Lipinski definition) is 2. The van der Waals surface area contributed by atoms with Crippen LogP contribution in [0.5, 0.6) is 0 Å². The molecule has 0 aliphatic rings. The van der Waals surface area contributed by atoms with E-state index in [9.17, 15) is 8.42 Å². The van der Waals surface area contributed by atoms with Crippen molar-refractivity contribution in [2.45, 2.75) is 50.8 Å². The van der Waals surface area contributed by atoms with Crippen LogP contribution in [-0.4, -0.2) is 22.2 Å². The van der Waals surface area contributed by atoms with Gasteiger partial charge in [0.05, 0.1) is 0 Å². The molecule has 0 bridgehead atoms. The molecule has 0 saturated heterocycles. The number of hydrogen-bond donors (Lipinski definition) is 0. The molecule has 0 aliphatic heterocycles. The van der Waals surface area contributed by atoms with Gasteiger partial charge >= 0.3 is 181 Å². The van der Waals surface area contributed by atoms with Gasteiger partial charge in [-0.05, 0) is 0 Å². The Bertz CT molecular complexity index is 861. The van der Waals surface area contributed by atoms with Crippen LogP contribution < -0.4 is 3.61 Å². The average Bonchev–Trinajstić information content (AvgIpc) is 2.65. The van der Waals surface area contributed by atoms with Crippen LogP contribution in [0.4, 0.5) is 0 Å². The van der Waals surface area contributed by atoms with Crippen LogP contribution in [0.25, 0.3) is 0 Å². The fourth-order valence-corrected chi connectivity index (χ4v) is 17.6. The van der Waals surface area contributed by atoms with Crippen molar-refractivity contribution < 1.29 is 8.42 Å². The van der Waals surface area contributed by atoms with Crippen molar-refractivity contribution in [3.8, 4) is 0 Å². The third-order valence-electron chi connectivity index (χ3n) is 4.28. The molecule has 2 aromatic rings. The molecule has 0 radical (unpaired) electrons. The molecule has 0 fully saturated rings. The number of benzene rings is 2. The van der Waals surface area contributed by atoms with E-state index >= 15 is 0 Å². The summed E-state index contributed by atoms with van der Waals surface area (Å²) in [6.07, 6.45) is 5.24. The van der Waals surface area contributed by atoms with Crippen LogP contribution in [0, 0.1) is 6.92 Å². The summed E-state index contributed by atoms with van der Waals surface area (Å²) >= 11 is 4.83. The topological polar surface area (TPSA) is 34.1 Å². The number of allylic oxidation sites excluding steroid dienone is 1. The normalized spacial score (nSPS) is 13.6. The van der Waals surface area contributed by atoms with Gasteiger partial charge in [-0.3, -0.25) is 0 Å². The molecule has 2 rings (SSSR count). The zero-order valence-corrected chi connectivity index (χ0v) is 22.0. The molecule has 27 heavy (non-hydrogen) atoms. The van der Waals surface area contributed by atoms with Gasteiger partial charge < -0.3 is 0 Å². The van der Waals surface area contributed by atoms with Gasteiger partial charge in [0.15, 0.2) is 0 Å². The Balaban J connectivity index is 2.41. The molecule has 2 aromatic carbocycles. The third-order valence-corrected chi connectivity index (χ3v) is 22.1. The van der Waals surface area contributed by atoms with E-state index < -0.39 is 23.6 Å². The van der Waals surface area contributed by atoms with Crippen LogP contribution in [-0.2, 0) is 9.84 Å². The van der Waals surface area contributed by atoms with E-state index in [1.807, 2.05) is 37.3 Å². The Morgan fingerprint density at radius 1 is 0.963 bits per heavy atom. The summed E-state index contributed by atoms with van der Waals surface area (Å²) in [5.74, 6) is 0. The molecular formula is C21H26Br2O2STe. The molecule has 6 heteroatoms. The molecule has 148 valence electrons.